The number of benzene rings is 1. The van der Waals surface area contributed by atoms with E-state index in [1.165, 1.54) is 11.8 Å². The smallest absolute Gasteiger partial charge is 0.180 e. The van der Waals surface area contributed by atoms with Crippen molar-refractivity contribution in [1.82, 2.24) is 19.9 Å². The quantitative estimate of drug-likeness (QED) is 0.307. The van der Waals surface area contributed by atoms with Crippen molar-refractivity contribution in [2.45, 2.75) is 53.6 Å². The average molecular weight is 477 g/mol. The molecule has 3 aromatic rings. The molecule has 8 heteroatoms. The van der Waals surface area contributed by atoms with Gasteiger partial charge in [0, 0.05) is 29.4 Å². The van der Waals surface area contributed by atoms with Crippen LogP contribution in [0.5, 0.6) is 5.75 Å². The number of nitrogens with two attached hydrogens (primary N) is 1. The fourth-order valence-corrected chi connectivity index (χ4v) is 4.31. The number of hydrogen-bond donors (Lipinski definition) is 1. The SMILES string of the molecule is C=C(SC(N)=NCC)c1cc(-c2c(C)cc(OC(CC)CC)cc2C)nc(-c2cnccn2)n1. The Morgan fingerprint density at radius 2 is 1.76 bits per heavy atom. The predicted octanol–water partition coefficient (Wildman–Crippen LogP) is 5.82. The molecule has 0 aliphatic heterocycles. The van der Waals surface area contributed by atoms with Gasteiger partial charge >= 0.3 is 0 Å². The number of rotatable bonds is 9. The van der Waals surface area contributed by atoms with Crippen LogP contribution in [0.4, 0.5) is 0 Å². The summed E-state index contributed by atoms with van der Waals surface area (Å²) in [4.78, 5) is 23.1. The van der Waals surface area contributed by atoms with Crippen molar-refractivity contribution in [2.24, 2.45) is 10.7 Å². The number of amidine groups is 1. The lowest BCUT2D eigenvalue weighted by Crippen LogP contribution is -2.14. The van der Waals surface area contributed by atoms with Gasteiger partial charge < -0.3 is 10.5 Å². The zero-order valence-corrected chi connectivity index (χ0v) is 21.3. The van der Waals surface area contributed by atoms with E-state index in [9.17, 15) is 0 Å². The molecule has 0 saturated heterocycles. The Morgan fingerprint density at radius 1 is 1.06 bits per heavy atom. The molecule has 1 aromatic carbocycles. The summed E-state index contributed by atoms with van der Waals surface area (Å²) in [7, 11) is 0. The summed E-state index contributed by atoms with van der Waals surface area (Å²) < 4.78 is 6.19. The second-order valence-electron chi connectivity index (χ2n) is 7.88. The molecule has 0 saturated carbocycles. The van der Waals surface area contributed by atoms with Crippen molar-refractivity contribution in [3.8, 4) is 28.5 Å². The molecule has 7 nitrogen and oxygen atoms in total. The molecule has 0 amide bonds. The molecule has 0 radical (unpaired) electrons. The number of hydrogen-bond acceptors (Lipinski definition) is 7. The average Bonchev–Trinajstić information content (AvgIpc) is 2.82. The lowest BCUT2D eigenvalue weighted by molar-refractivity contribution is 0.192. The Labute approximate surface area is 206 Å². The Kier molecular flexibility index (Phi) is 8.76. The van der Waals surface area contributed by atoms with Gasteiger partial charge in [-0.2, -0.15) is 0 Å². The Hall–Kier alpha value is -3.26. The molecule has 3 rings (SSSR count). The fraction of sp³-hybridized carbons (Fsp3) is 0.346. The summed E-state index contributed by atoms with van der Waals surface area (Å²) >= 11 is 1.29. The number of thioether (sulfide) groups is 1. The van der Waals surface area contributed by atoms with Gasteiger partial charge in [-0.1, -0.05) is 32.2 Å². The highest BCUT2D eigenvalue weighted by molar-refractivity contribution is 8.21. The number of aromatic nitrogens is 4. The van der Waals surface area contributed by atoms with Crippen LogP contribution in [0.1, 0.15) is 50.4 Å². The van der Waals surface area contributed by atoms with Gasteiger partial charge in [-0.25, -0.2) is 15.0 Å². The van der Waals surface area contributed by atoms with Crippen molar-refractivity contribution < 1.29 is 4.74 Å². The van der Waals surface area contributed by atoms with E-state index in [4.69, 9.17) is 20.4 Å². The molecule has 0 bridgehead atoms. The third-order valence-electron chi connectivity index (χ3n) is 5.32. The number of nitrogens with zero attached hydrogens (tertiary/aromatic N) is 5. The second-order valence-corrected chi connectivity index (χ2v) is 8.99. The van der Waals surface area contributed by atoms with Gasteiger partial charge in [-0.05, 0) is 62.9 Å². The third-order valence-corrected chi connectivity index (χ3v) is 6.12. The highest BCUT2D eigenvalue weighted by atomic mass is 32.2. The van der Waals surface area contributed by atoms with E-state index >= 15 is 0 Å². The fourth-order valence-electron chi connectivity index (χ4n) is 3.66. The maximum Gasteiger partial charge on any atom is 0.180 e. The molecule has 2 aromatic heterocycles. The summed E-state index contributed by atoms with van der Waals surface area (Å²) in [5, 5.41) is 0.448. The van der Waals surface area contributed by atoms with Gasteiger partial charge in [0.2, 0.25) is 0 Å². The Balaban J connectivity index is 2.10. The van der Waals surface area contributed by atoms with Crippen LogP contribution < -0.4 is 10.5 Å². The van der Waals surface area contributed by atoms with Gasteiger partial charge in [0.05, 0.1) is 23.7 Å². The second kappa shape index (κ2) is 11.7. The van der Waals surface area contributed by atoms with Gasteiger partial charge in [0.15, 0.2) is 11.0 Å². The van der Waals surface area contributed by atoms with Gasteiger partial charge in [0.1, 0.15) is 11.4 Å². The zero-order chi connectivity index (χ0) is 24.7. The first-order valence-corrected chi connectivity index (χ1v) is 12.3. The van der Waals surface area contributed by atoms with Crippen molar-refractivity contribution in [3.63, 3.8) is 0 Å². The van der Waals surface area contributed by atoms with Crippen LogP contribution in [0.2, 0.25) is 0 Å². The van der Waals surface area contributed by atoms with Crippen LogP contribution in [-0.4, -0.2) is 37.8 Å². The van der Waals surface area contributed by atoms with Crippen LogP contribution >= 0.6 is 11.8 Å². The molecule has 178 valence electrons. The zero-order valence-electron chi connectivity index (χ0n) is 20.5. The minimum absolute atomic E-state index is 0.203. The van der Waals surface area contributed by atoms with E-state index in [-0.39, 0.29) is 6.10 Å². The molecule has 2 heterocycles. The van der Waals surface area contributed by atoms with Gasteiger partial charge in [-0.15, -0.1) is 0 Å². The first kappa shape index (κ1) is 25.4. The van der Waals surface area contributed by atoms with Crippen molar-refractivity contribution >= 4 is 21.8 Å². The van der Waals surface area contributed by atoms with Crippen LogP contribution in [0, 0.1) is 13.8 Å². The van der Waals surface area contributed by atoms with Crippen LogP contribution in [0.3, 0.4) is 0 Å². The largest absolute Gasteiger partial charge is 0.490 e. The molecular formula is C26H32N6OS. The van der Waals surface area contributed by atoms with E-state index in [0.717, 1.165) is 41.0 Å². The van der Waals surface area contributed by atoms with Crippen molar-refractivity contribution in [3.05, 3.63) is 60.2 Å². The maximum atomic E-state index is 6.19. The Bertz CT molecular complexity index is 1150. The molecule has 0 spiro atoms. The summed E-state index contributed by atoms with van der Waals surface area (Å²) in [5.41, 5.74) is 11.2. The van der Waals surface area contributed by atoms with E-state index in [0.29, 0.717) is 33.8 Å². The molecule has 34 heavy (non-hydrogen) atoms. The number of aryl methyl sites for hydroxylation is 2. The first-order valence-electron chi connectivity index (χ1n) is 11.5. The molecule has 2 N–H and O–H groups in total. The lowest BCUT2D eigenvalue weighted by atomic mass is 9.98. The predicted molar refractivity (Wildman–Crippen MR) is 142 cm³/mol. The topological polar surface area (TPSA) is 99.2 Å². The summed E-state index contributed by atoms with van der Waals surface area (Å²) in [6.07, 6.45) is 7.04. The minimum Gasteiger partial charge on any atom is -0.490 e. The van der Waals surface area contributed by atoms with Gasteiger partial charge in [-0.3, -0.25) is 9.98 Å². The standard InChI is InChI=1S/C26H32N6OS/c1-7-19(8-2)33-20-12-16(4)24(17(5)13-20)22-14-21(18(6)34-26(27)29-9-3)31-25(32-22)23-15-28-10-11-30-23/h10-15,19H,6-9H2,1-5H3,(H2,27,29). The molecular weight excluding hydrogens is 444 g/mol. The summed E-state index contributed by atoms with van der Waals surface area (Å²) in [6.45, 7) is 15.1. The number of aliphatic imine (C=N–C) groups is 1. The summed E-state index contributed by atoms with van der Waals surface area (Å²) in [6, 6.07) is 6.07. The van der Waals surface area contributed by atoms with Gasteiger partial charge in [0.25, 0.3) is 0 Å². The lowest BCUT2D eigenvalue weighted by Gasteiger charge is -2.19. The monoisotopic (exact) mass is 476 g/mol. The van der Waals surface area contributed by atoms with Crippen molar-refractivity contribution in [1.29, 1.82) is 0 Å². The van der Waals surface area contributed by atoms with Crippen LogP contribution in [0.25, 0.3) is 27.7 Å². The molecule has 0 aliphatic carbocycles. The maximum absolute atomic E-state index is 6.19. The van der Waals surface area contributed by atoms with E-state index < -0.39 is 0 Å². The van der Waals surface area contributed by atoms with Crippen molar-refractivity contribution in [2.75, 3.05) is 6.54 Å². The van der Waals surface area contributed by atoms with E-state index in [1.54, 1.807) is 18.6 Å². The third kappa shape index (κ3) is 6.20. The van der Waals surface area contributed by atoms with Crippen LogP contribution in [-0.2, 0) is 0 Å². The normalized spacial score (nSPS) is 11.6. The summed E-state index contributed by atoms with van der Waals surface area (Å²) in [5.74, 6) is 1.35. The van der Waals surface area contributed by atoms with Crippen LogP contribution in [0.15, 0.2) is 48.4 Å². The molecule has 0 aliphatic rings. The Morgan fingerprint density at radius 3 is 2.35 bits per heavy atom. The number of ether oxygens (including phenoxy) is 1. The molecule has 0 atom stereocenters. The van der Waals surface area contributed by atoms with E-state index in [1.807, 2.05) is 13.0 Å². The molecule has 0 unspecified atom stereocenters. The first-order chi connectivity index (χ1) is 16.4. The highest BCUT2D eigenvalue weighted by Crippen LogP contribution is 2.34. The van der Waals surface area contributed by atoms with E-state index in [2.05, 4.69) is 61.4 Å². The minimum atomic E-state index is 0.203. The molecule has 0 fully saturated rings. The highest BCUT2D eigenvalue weighted by Gasteiger charge is 2.17.